The standard InChI is InChI=1S/C9H10IN3/c10-6-1-2-8(12)7(5-6)9(13)3-4-11/h1-2,5,9H,3,12-13H2/t9-/m0/s1. The van der Waals surface area contributed by atoms with Crippen LogP contribution in [0.3, 0.4) is 0 Å². The van der Waals surface area contributed by atoms with Crippen LogP contribution in [0.25, 0.3) is 0 Å². The maximum absolute atomic E-state index is 8.49. The van der Waals surface area contributed by atoms with Crippen LogP contribution in [0.5, 0.6) is 0 Å². The van der Waals surface area contributed by atoms with Crippen LogP contribution >= 0.6 is 22.6 Å². The zero-order chi connectivity index (χ0) is 9.84. The molecule has 0 fully saturated rings. The first-order chi connectivity index (χ1) is 6.15. The lowest BCUT2D eigenvalue weighted by Gasteiger charge is -2.11. The average molecular weight is 287 g/mol. The summed E-state index contributed by atoms with van der Waals surface area (Å²) in [5, 5.41) is 8.49. The number of hydrogen-bond acceptors (Lipinski definition) is 3. The third-order valence-corrected chi connectivity index (χ3v) is 2.43. The van der Waals surface area contributed by atoms with E-state index in [4.69, 9.17) is 16.7 Å². The van der Waals surface area contributed by atoms with Gasteiger partial charge in [-0.05, 0) is 46.4 Å². The normalized spacial score (nSPS) is 12.1. The fraction of sp³-hybridized carbons (Fsp3) is 0.222. The first kappa shape index (κ1) is 10.3. The summed E-state index contributed by atoms with van der Waals surface area (Å²) in [5.74, 6) is 0. The molecule has 1 atom stereocenters. The molecule has 13 heavy (non-hydrogen) atoms. The summed E-state index contributed by atoms with van der Waals surface area (Å²) < 4.78 is 1.08. The van der Waals surface area contributed by atoms with E-state index in [-0.39, 0.29) is 6.04 Å². The highest BCUT2D eigenvalue weighted by molar-refractivity contribution is 14.1. The van der Waals surface area contributed by atoms with E-state index < -0.39 is 0 Å². The number of rotatable bonds is 2. The Balaban J connectivity index is 3.00. The zero-order valence-corrected chi connectivity index (χ0v) is 9.15. The van der Waals surface area contributed by atoms with E-state index >= 15 is 0 Å². The van der Waals surface area contributed by atoms with E-state index in [1.54, 1.807) is 0 Å². The molecule has 0 aliphatic heterocycles. The van der Waals surface area contributed by atoms with E-state index in [0.29, 0.717) is 12.1 Å². The molecule has 0 heterocycles. The Labute approximate surface area is 90.9 Å². The van der Waals surface area contributed by atoms with Crippen molar-refractivity contribution in [1.29, 1.82) is 5.26 Å². The molecule has 1 rings (SSSR count). The van der Waals surface area contributed by atoms with Gasteiger partial charge in [-0.15, -0.1) is 0 Å². The molecule has 0 radical (unpaired) electrons. The van der Waals surface area contributed by atoms with Crippen LogP contribution in [0.15, 0.2) is 18.2 Å². The highest BCUT2D eigenvalue weighted by Gasteiger charge is 2.08. The van der Waals surface area contributed by atoms with Gasteiger partial charge in [0.05, 0.1) is 12.5 Å². The van der Waals surface area contributed by atoms with Crippen molar-refractivity contribution in [2.24, 2.45) is 5.73 Å². The smallest absolute Gasteiger partial charge is 0.0641 e. The molecule has 0 spiro atoms. The molecule has 68 valence electrons. The van der Waals surface area contributed by atoms with Crippen LogP contribution in [0.1, 0.15) is 18.0 Å². The molecule has 0 saturated heterocycles. The molecule has 1 aromatic rings. The summed E-state index contributed by atoms with van der Waals surface area (Å²) >= 11 is 2.19. The van der Waals surface area contributed by atoms with Gasteiger partial charge >= 0.3 is 0 Å². The molecule has 0 amide bonds. The Hall–Kier alpha value is -0.800. The topological polar surface area (TPSA) is 75.8 Å². The van der Waals surface area contributed by atoms with E-state index in [9.17, 15) is 0 Å². The van der Waals surface area contributed by atoms with Crippen LogP contribution in [0.4, 0.5) is 5.69 Å². The number of anilines is 1. The van der Waals surface area contributed by atoms with Gasteiger partial charge < -0.3 is 11.5 Å². The number of nitriles is 1. The fourth-order valence-electron chi connectivity index (χ4n) is 1.08. The fourth-order valence-corrected chi connectivity index (χ4v) is 1.59. The van der Waals surface area contributed by atoms with Crippen molar-refractivity contribution in [2.75, 3.05) is 5.73 Å². The first-order valence-corrected chi connectivity index (χ1v) is 4.90. The minimum atomic E-state index is -0.278. The maximum Gasteiger partial charge on any atom is 0.0641 e. The lowest BCUT2D eigenvalue weighted by atomic mass is 10.0. The van der Waals surface area contributed by atoms with Crippen LogP contribution in [0.2, 0.25) is 0 Å². The zero-order valence-electron chi connectivity index (χ0n) is 7.00. The lowest BCUT2D eigenvalue weighted by Crippen LogP contribution is -2.11. The molecule has 4 N–H and O–H groups in total. The minimum absolute atomic E-state index is 0.278. The van der Waals surface area contributed by atoms with Crippen molar-refractivity contribution in [2.45, 2.75) is 12.5 Å². The predicted molar refractivity (Wildman–Crippen MR) is 60.7 cm³/mol. The minimum Gasteiger partial charge on any atom is -0.398 e. The third kappa shape index (κ3) is 2.57. The molecule has 4 heteroatoms. The molecule has 0 unspecified atom stereocenters. The van der Waals surface area contributed by atoms with Gasteiger partial charge in [0.15, 0.2) is 0 Å². The Kier molecular flexibility index (Phi) is 3.51. The summed E-state index contributed by atoms with van der Waals surface area (Å²) in [6, 6.07) is 7.40. The number of hydrogen-bond donors (Lipinski definition) is 2. The van der Waals surface area contributed by atoms with Gasteiger partial charge in [-0.3, -0.25) is 0 Å². The van der Waals surface area contributed by atoms with Crippen molar-refractivity contribution in [3.05, 3.63) is 27.3 Å². The second-order valence-electron chi connectivity index (χ2n) is 2.74. The van der Waals surface area contributed by atoms with Crippen LogP contribution < -0.4 is 11.5 Å². The van der Waals surface area contributed by atoms with Crippen LogP contribution in [-0.2, 0) is 0 Å². The SMILES string of the molecule is N#CC[C@H](N)c1cc(I)ccc1N. The third-order valence-electron chi connectivity index (χ3n) is 1.76. The summed E-state index contributed by atoms with van der Waals surface area (Å²) in [7, 11) is 0. The summed E-state index contributed by atoms with van der Waals surface area (Å²) in [4.78, 5) is 0. The van der Waals surface area contributed by atoms with Crippen molar-refractivity contribution in [1.82, 2.24) is 0 Å². The number of nitrogens with zero attached hydrogens (tertiary/aromatic N) is 1. The maximum atomic E-state index is 8.49. The number of halogens is 1. The Bertz CT molecular complexity index is 343. The van der Waals surface area contributed by atoms with Gasteiger partial charge in [0.2, 0.25) is 0 Å². The monoisotopic (exact) mass is 287 g/mol. The molecule has 1 aromatic carbocycles. The van der Waals surface area contributed by atoms with Crippen LogP contribution in [-0.4, -0.2) is 0 Å². The quantitative estimate of drug-likeness (QED) is 0.643. The second kappa shape index (κ2) is 4.44. The number of nitrogens with two attached hydrogens (primary N) is 2. The number of nitrogen functional groups attached to an aromatic ring is 1. The molecular weight excluding hydrogens is 277 g/mol. The molecule has 0 aliphatic rings. The molecule has 0 saturated carbocycles. The van der Waals surface area contributed by atoms with E-state index in [1.807, 2.05) is 24.3 Å². The van der Waals surface area contributed by atoms with Crippen molar-refractivity contribution in [3.8, 4) is 6.07 Å². The summed E-state index contributed by atoms with van der Waals surface area (Å²) in [6.07, 6.45) is 0.296. The number of benzene rings is 1. The highest BCUT2D eigenvalue weighted by Crippen LogP contribution is 2.22. The lowest BCUT2D eigenvalue weighted by molar-refractivity contribution is 0.750. The van der Waals surface area contributed by atoms with E-state index in [1.165, 1.54) is 0 Å². The van der Waals surface area contributed by atoms with Crippen LogP contribution in [0, 0.1) is 14.9 Å². The predicted octanol–water partition coefficient (Wildman–Crippen LogP) is 1.79. The van der Waals surface area contributed by atoms with Crippen molar-refractivity contribution in [3.63, 3.8) is 0 Å². The molecule has 0 aliphatic carbocycles. The Morgan fingerprint density at radius 2 is 2.23 bits per heavy atom. The van der Waals surface area contributed by atoms with Gasteiger partial charge in [0, 0.05) is 15.3 Å². The summed E-state index contributed by atoms with van der Waals surface area (Å²) in [6.45, 7) is 0. The van der Waals surface area contributed by atoms with E-state index in [2.05, 4.69) is 22.6 Å². The molecular formula is C9H10IN3. The first-order valence-electron chi connectivity index (χ1n) is 3.82. The Morgan fingerprint density at radius 3 is 2.85 bits per heavy atom. The van der Waals surface area contributed by atoms with Gasteiger partial charge in [0.25, 0.3) is 0 Å². The highest BCUT2D eigenvalue weighted by atomic mass is 127. The van der Waals surface area contributed by atoms with Crippen molar-refractivity contribution >= 4 is 28.3 Å². The van der Waals surface area contributed by atoms with Gasteiger partial charge in [-0.2, -0.15) is 5.26 Å². The molecule has 0 aromatic heterocycles. The van der Waals surface area contributed by atoms with Crippen molar-refractivity contribution < 1.29 is 0 Å². The van der Waals surface area contributed by atoms with Gasteiger partial charge in [-0.1, -0.05) is 0 Å². The van der Waals surface area contributed by atoms with Gasteiger partial charge in [0.1, 0.15) is 0 Å². The summed E-state index contributed by atoms with van der Waals surface area (Å²) in [5.41, 5.74) is 13.0. The Morgan fingerprint density at radius 1 is 1.54 bits per heavy atom. The van der Waals surface area contributed by atoms with Gasteiger partial charge in [-0.25, -0.2) is 0 Å². The second-order valence-corrected chi connectivity index (χ2v) is 3.99. The molecule has 3 nitrogen and oxygen atoms in total. The van der Waals surface area contributed by atoms with E-state index in [0.717, 1.165) is 9.13 Å². The largest absolute Gasteiger partial charge is 0.398 e. The molecule has 0 bridgehead atoms. The average Bonchev–Trinajstić information content (AvgIpc) is 2.09.